The molecule has 0 aromatic heterocycles. The molecule has 7 heteroatoms. The van der Waals surface area contributed by atoms with Crippen LogP contribution in [0.3, 0.4) is 0 Å². The van der Waals surface area contributed by atoms with Crippen molar-refractivity contribution in [1.29, 1.82) is 0 Å². The Balaban J connectivity index is 1.37. The van der Waals surface area contributed by atoms with E-state index in [4.69, 9.17) is 4.74 Å². The Kier molecular flexibility index (Phi) is 5.67. The van der Waals surface area contributed by atoms with Crippen molar-refractivity contribution in [3.63, 3.8) is 0 Å². The lowest BCUT2D eigenvalue weighted by atomic mass is 9.56. The van der Waals surface area contributed by atoms with Crippen LogP contribution in [0.1, 0.15) is 70.4 Å². The van der Waals surface area contributed by atoms with E-state index in [9.17, 15) is 15.0 Å². The van der Waals surface area contributed by atoms with Gasteiger partial charge in [0, 0.05) is 30.2 Å². The van der Waals surface area contributed by atoms with E-state index in [1.54, 1.807) is 6.07 Å². The van der Waals surface area contributed by atoms with Gasteiger partial charge in [-0.2, -0.15) is 0 Å². The summed E-state index contributed by atoms with van der Waals surface area (Å²) in [5.74, 6) is 1.50. The summed E-state index contributed by atoms with van der Waals surface area (Å²) in [6, 6.07) is 3.58. The number of piperidine rings is 1. The number of aryl methyl sites for hydroxylation is 1. The number of amides is 1. The number of fused-ring (bicyclic) bond motifs is 1. The molecule has 4 atom stereocenters. The largest absolute Gasteiger partial charge is 0.504 e. The minimum atomic E-state index is -1.06. The van der Waals surface area contributed by atoms with Gasteiger partial charge in [-0.25, -0.2) is 0 Å². The van der Waals surface area contributed by atoms with Crippen LogP contribution >= 0.6 is 0 Å². The second kappa shape index (κ2) is 8.34. The van der Waals surface area contributed by atoms with Gasteiger partial charge in [-0.15, -0.1) is 0 Å². The molecular formula is C29H43N3O4. The first-order valence-corrected chi connectivity index (χ1v) is 14.1. The molecule has 1 aromatic carbocycles. The predicted octanol–water partition coefficient (Wildman–Crippen LogP) is 3.04. The minimum Gasteiger partial charge on any atom is -0.504 e. The maximum absolute atomic E-state index is 13.7. The average Bonchev–Trinajstić information content (AvgIpc) is 3.52. The van der Waals surface area contributed by atoms with E-state index in [0.29, 0.717) is 31.8 Å². The maximum atomic E-state index is 13.7. The zero-order valence-corrected chi connectivity index (χ0v) is 22.4. The zero-order chi connectivity index (χ0) is 25.5. The van der Waals surface area contributed by atoms with E-state index < -0.39 is 11.0 Å². The van der Waals surface area contributed by atoms with Gasteiger partial charge in [-0.1, -0.05) is 6.07 Å². The first-order valence-electron chi connectivity index (χ1n) is 14.1. The van der Waals surface area contributed by atoms with Crippen molar-refractivity contribution < 1.29 is 19.7 Å². The number of likely N-dealkylation sites (tertiary alicyclic amines) is 3. The lowest BCUT2D eigenvalue weighted by Crippen LogP contribution is -2.70. The number of benzene rings is 1. The van der Waals surface area contributed by atoms with Crippen molar-refractivity contribution in [3.05, 3.63) is 23.3 Å². The number of rotatable bonds is 4. The van der Waals surface area contributed by atoms with Crippen molar-refractivity contribution >= 4 is 5.91 Å². The van der Waals surface area contributed by atoms with Crippen LogP contribution in [-0.4, -0.2) is 93.4 Å². The van der Waals surface area contributed by atoms with Crippen LogP contribution in [0.4, 0.5) is 0 Å². The van der Waals surface area contributed by atoms with E-state index in [0.717, 1.165) is 55.9 Å². The summed E-state index contributed by atoms with van der Waals surface area (Å²) in [4.78, 5) is 20.4. The van der Waals surface area contributed by atoms with Gasteiger partial charge in [0.05, 0.1) is 24.1 Å². The van der Waals surface area contributed by atoms with Crippen molar-refractivity contribution in [3.8, 4) is 11.5 Å². The highest BCUT2D eigenvalue weighted by atomic mass is 16.5. The van der Waals surface area contributed by atoms with E-state index >= 15 is 0 Å². The van der Waals surface area contributed by atoms with Crippen LogP contribution in [0.15, 0.2) is 12.1 Å². The summed E-state index contributed by atoms with van der Waals surface area (Å²) in [6.45, 7) is 12.9. The SMILES string of the molecule is Cc1ccc(O)c2c1C13CCN(CC4CC4)C(C)C1(O)CCN(C(=O)CN1CCCC1(C)C)C[C@@H]3O2. The Labute approximate surface area is 215 Å². The Bertz CT molecular complexity index is 1060. The van der Waals surface area contributed by atoms with Crippen LogP contribution in [-0.2, 0) is 10.2 Å². The van der Waals surface area contributed by atoms with Gasteiger partial charge in [0.2, 0.25) is 5.91 Å². The quantitative estimate of drug-likeness (QED) is 0.666. The van der Waals surface area contributed by atoms with Crippen molar-refractivity contribution in [2.75, 3.05) is 39.3 Å². The Morgan fingerprint density at radius 3 is 2.61 bits per heavy atom. The Hall–Kier alpha value is -1.83. The molecule has 0 bridgehead atoms. The van der Waals surface area contributed by atoms with Crippen LogP contribution in [0.25, 0.3) is 0 Å². The van der Waals surface area contributed by atoms with Gasteiger partial charge in [0.1, 0.15) is 6.10 Å². The molecule has 0 radical (unpaired) electrons. The molecule has 36 heavy (non-hydrogen) atoms. The fourth-order valence-corrected chi connectivity index (χ4v) is 7.98. The molecule has 6 rings (SSSR count). The highest BCUT2D eigenvalue weighted by Gasteiger charge is 2.68. The third-order valence-corrected chi connectivity index (χ3v) is 10.5. The summed E-state index contributed by atoms with van der Waals surface area (Å²) in [5.41, 5.74) is 0.340. The monoisotopic (exact) mass is 497 g/mol. The highest BCUT2D eigenvalue weighted by Crippen LogP contribution is 2.60. The molecule has 3 unspecified atom stereocenters. The number of phenols is 1. The zero-order valence-electron chi connectivity index (χ0n) is 22.4. The number of hydrogen-bond acceptors (Lipinski definition) is 6. The minimum absolute atomic E-state index is 0.0374. The average molecular weight is 498 g/mol. The van der Waals surface area contributed by atoms with E-state index in [-0.39, 0.29) is 29.3 Å². The molecule has 7 nitrogen and oxygen atoms in total. The first-order chi connectivity index (χ1) is 17.1. The molecule has 1 aromatic rings. The molecular weight excluding hydrogens is 454 g/mol. The standard InChI is InChI=1S/C29H43N3O4/c1-19-6-9-22(33)26-25(19)28-11-14-30(16-21-7-8-21)20(2)29(28,35)12-15-31(17-23(28)36-26)24(34)18-32-13-5-10-27(32,3)4/h6,9,20-21,23,33,35H,5,7-8,10-18H2,1-4H3/t20?,23-,28?,29?/m0/s1. The fourth-order valence-electron chi connectivity index (χ4n) is 7.98. The van der Waals surface area contributed by atoms with Crippen LogP contribution in [0.2, 0.25) is 0 Å². The van der Waals surface area contributed by atoms with Gasteiger partial charge in [0.25, 0.3) is 0 Å². The molecule has 4 aliphatic heterocycles. The van der Waals surface area contributed by atoms with E-state index in [1.165, 1.54) is 12.8 Å². The third kappa shape index (κ3) is 3.52. The number of aromatic hydroxyl groups is 1. The third-order valence-electron chi connectivity index (χ3n) is 10.5. The van der Waals surface area contributed by atoms with E-state index in [2.05, 4.69) is 37.5 Å². The number of aliphatic hydroxyl groups is 1. The van der Waals surface area contributed by atoms with Crippen LogP contribution < -0.4 is 4.74 Å². The molecule has 198 valence electrons. The first kappa shape index (κ1) is 24.5. The van der Waals surface area contributed by atoms with E-state index in [1.807, 2.05) is 11.0 Å². The molecule has 5 aliphatic rings. The molecule has 2 N–H and O–H groups in total. The Morgan fingerprint density at radius 1 is 1.14 bits per heavy atom. The molecule has 1 saturated carbocycles. The molecule has 1 spiro atoms. The number of ether oxygens (including phenoxy) is 1. The van der Waals surface area contributed by atoms with Gasteiger partial charge in [-0.3, -0.25) is 14.6 Å². The van der Waals surface area contributed by atoms with Gasteiger partial charge in [-0.05, 0) is 96.9 Å². The summed E-state index contributed by atoms with van der Waals surface area (Å²) >= 11 is 0. The highest BCUT2D eigenvalue weighted by molar-refractivity contribution is 5.79. The van der Waals surface area contributed by atoms with Gasteiger partial charge < -0.3 is 19.8 Å². The maximum Gasteiger partial charge on any atom is 0.236 e. The number of nitrogens with zero attached hydrogens (tertiary/aromatic N) is 3. The summed E-state index contributed by atoms with van der Waals surface area (Å²) in [7, 11) is 0. The van der Waals surface area contributed by atoms with Crippen LogP contribution in [0.5, 0.6) is 11.5 Å². The summed E-state index contributed by atoms with van der Waals surface area (Å²) in [5, 5.41) is 23.6. The molecule has 4 fully saturated rings. The van der Waals surface area contributed by atoms with Crippen molar-refractivity contribution in [1.82, 2.24) is 14.7 Å². The number of phenolic OH excluding ortho intramolecular Hbond substituents is 1. The smallest absolute Gasteiger partial charge is 0.236 e. The summed E-state index contributed by atoms with van der Waals surface area (Å²) in [6.07, 6.45) is 5.69. The molecule has 4 heterocycles. The second-order valence-corrected chi connectivity index (χ2v) is 12.9. The normalized spacial score (nSPS) is 36.1. The number of hydrogen-bond donors (Lipinski definition) is 2. The molecule has 3 saturated heterocycles. The molecule has 1 amide bonds. The fraction of sp³-hybridized carbons (Fsp3) is 0.759. The van der Waals surface area contributed by atoms with Crippen molar-refractivity contribution in [2.45, 2.75) is 94.9 Å². The topological polar surface area (TPSA) is 76.5 Å². The van der Waals surface area contributed by atoms with Gasteiger partial charge in [0.15, 0.2) is 11.5 Å². The Morgan fingerprint density at radius 2 is 1.92 bits per heavy atom. The second-order valence-electron chi connectivity index (χ2n) is 12.9. The van der Waals surface area contributed by atoms with Crippen LogP contribution in [0, 0.1) is 12.8 Å². The van der Waals surface area contributed by atoms with Crippen molar-refractivity contribution in [2.24, 2.45) is 5.92 Å². The van der Waals surface area contributed by atoms with Gasteiger partial charge >= 0.3 is 0 Å². The number of carbonyl (C=O) groups excluding carboxylic acids is 1. The predicted molar refractivity (Wildman–Crippen MR) is 138 cm³/mol. The number of carbonyl (C=O) groups is 1. The lowest BCUT2D eigenvalue weighted by molar-refractivity contribution is -0.151. The molecule has 1 aliphatic carbocycles. The lowest BCUT2D eigenvalue weighted by Gasteiger charge is -2.57. The summed E-state index contributed by atoms with van der Waals surface area (Å²) < 4.78 is 6.56.